The van der Waals surface area contributed by atoms with Gasteiger partial charge >= 0.3 is 0 Å². The summed E-state index contributed by atoms with van der Waals surface area (Å²) in [6.45, 7) is 1.97. The van der Waals surface area contributed by atoms with Crippen LogP contribution in [-0.4, -0.2) is 10.7 Å². The van der Waals surface area contributed by atoms with Gasteiger partial charge in [0.25, 0.3) is 5.69 Å². The molecule has 5 heteroatoms. The Labute approximate surface area is 88.8 Å². The maximum absolute atomic E-state index is 10.6. The zero-order valence-electron chi connectivity index (χ0n) is 6.99. The summed E-state index contributed by atoms with van der Waals surface area (Å²) in [7, 11) is 0. The second-order valence-corrected chi connectivity index (χ2v) is 4.52. The SMILES string of the molecule is CCSc1ccc(Br)cc1[N+](=O)[O-]. The summed E-state index contributed by atoms with van der Waals surface area (Å²) >= 11 is 4.68. The van der Waals surface area contributed by atoms with Crippen molar-refractivity contribution in [3.63, 3.8) is 0 Å². The molecule has 0 fully saturated rings. The molecule has 0 amide bonds. The van der Waals surface area contributed by atoms with Gasteiger partial charge in [0.1, 0.15) is 0 Å². The van der Waals surface area contributed by atoms with E-state index < -0.39 is 0 Å². The lowest BCUT2D eigenvalue weighted by Gasteiger charge is -2.00. The number of nitro groups is 1. The highest BCUT2D eigenvalue weighted by Gasteiger charge is 2.13. The summed E-state index contributed by atoms with van der Waals surface area (Å²) in [6.07, 6.45) is 0. The molecular formula is C8H8BrNO2S. The molecule has 0 unspecified atom stereocenters. The normalized spacial score (nSPS) is 10.0. The summed E-state index contributed by atoms with van der Waals surface area (Å²) in [4.78, 5) is 11.0. The van der Waals surface area contributed by atoms with Crippen LogP contribution in [0.2, 0.25) is 0 Å². The van der Waals surface area contributed by atoms with Gasteiger partial charge in [0.15, 0.2) is 0 Å². The van der Waals surface area contributed by atoms with Crippen LogP contribution in [0.3, 0.4) is 0 Å². The highest BCUT2D eigenvalue weighted by Crippen LogP contribution is 2.31. The summed E-state index contributed by atoms with van der Waals surface area (Å²) in [5.74, 6) is 0.836. The molecule has 0 spiro atoms. The first-order valence-corrected chi connectivity index (χ1v) is 5.49. The minimum Gasteiger partial charge on any atom is -0.258 e. The maximum atomic E-state index is 10.6. The summed E-state index contributed by atoms with van der Waals surface area (Å²) in [5, 5.41) is 10.6. The molecule has 0 N–H and O–H groups in total. The van der Waals surface area contributed by atoms with Crippen LogP contribution in [0.5, 0.6) is 0 Å². The number of hydrogen-bond acceptors (Lipinski definition) is 3. The molecule has 3 nitrogen and oxygen atoms in total. The fraction of sp³-hybridized carbons (Fsp3) is 0.250. The van der Waals surface area contributed by atoms with E-state index in [4.69, 9.17) is 0 Å². The molecule has 0 aromatic heterocycles. The van der Waals surface area contributed by atoms with Crippen LogP contribution in [0.1, 0.15) is 6.92 Å². The number of nitro benzene ring substituents is 1. The molecule has 0 heterocycles. The highest BCUT2D eigenvalue weighted by molar-refractivity contribution is 9.10. The predicted octanol–water partition coefficient (Wildman–Crippen LogP) is 3.47. The quantitative estimate of drug-likeness (QED) is 0.476. The molecule has 70 valence electrons. The molecule has 0 bridgehead atoms. The lowest BCUT2D eigenvalue weighted by Crippen LogP contribution is -1.90. The molecule has 1 rings (SSSR count). The van der Waals surface area contributed by atoms with Crippen molar-refractivity contribution < 1.29 is 4.92 Å². The van der Waals surface area contributed by atoms with Crippen molar-refractivity contribution in [3.05, 3.63) is 32.8 Å². The van der Waals surface area contributed by atoms with Crippen LogP contribution in [-0.2, 0) is 0 Å². The van der Waals surface area contributed by atoms with Gasteiger partial charge in [0.2, 0.25) is 0 Å². The summed E-state index contributed by atoms with van der Waals surface area (Å²) < 4.78 is 0.736. The topological polar surface area (TPSA) is 43.1 Å². The van der Waals surface area contributed by atoms with Crippen LogP contribution in [0.25, 0.3) is 0 Å². The van der Waals surface area contributed by atoms with E-state index in [9.17, 15) is 10.1 Å². The molecule has 0 aliphatic rings. The van der Waals surface area contributed by atoms with Crippen molar-refractivity contribution >= 4 is 33.4 Å². The molecule has 1 aromatic carbocycles. The third-order valence-electron chi connectivity index (χ3n) is 1.42. The van der Waals surface area contributed by atoms with Crippen LogP contribution in [0, 0.1) is 10.1 Å². The van der Waals surface area contributed by atoms with E-state index in [1.807, 2.05) is 13.0 Å². The average Bonchev–Trinajstić information content (AvgIpc) is 2.08. The van der Waals surface area contributed by atoms with E-state index in [2.05, 4.69) is 15.9 Å². The Morgan fingerprint density at radius 1 is 1.62 bits per heavy atom. The van der Waals surface area contributed by atoms with Crippen molar-refractivity contribution in [3.8, 4) is 0 Å². The van der Waals surface area contributed by atoms with Gasteiger partial charge in [-0.1, -0.05) is 22.9 Å². The molecule has 0 aliphatic carbocycles. The van der Waals surface area contributed by atoms with Gasteiger partial charge in [0.05, 0.1) is 9.82 Å². The van der Waals surface area contributed by atoms with Gasteiger partial charge in [0, 0.05) is 10.5 Å². The highest BCUT2D eigenvalue weighted by atomic mass is 79.9. The second kappa shape index (κ2) is 4.62. The van der Waals surface area contributed by atoms with E-state index in [1.165, 1.54) is 17.8 Å². The van der Waals surface area contributed by atoms with E-state index in [1.54, 1.807) is 6.07 Å². The van der Waals surface area contributed by atoms with E-state index >= 15 is 0 Å². The first-order chi connectivity index (χ1) is 6.15. The number of thioether (sulfide) groups is 1. The Morgan fingerprint density at radius 2 is 2.31 bits per heavy atom. The minimum absolute atomic E-state index is 0.168. The van der Waals surface area contributed by atoms with Gasteiger partial charge in [-0.3, -0.25) is 10.1 Å². The number of benzene rings is 1. The third kappa shape index (κ3) is 2.70. The van der Waals surface area contributed by atoms with Crippen molar-refractivity contribution in [2.24, 2.45) is 0 Å². The number of halogens is 1. The lowest BCUT2D eigenvalue weighted by molar-refractivity contribution is -0.387. The summed E-state index contributed by atoms with van der Waals surface area (Å²) in [6, 6.07) is 5.10. The monoisotopic (exact) mass is 261 g/mol. The smallest absolute Gasteiger partial charge is 0.258 e. The summed E-state index contributed by atoms with van der Waals surface area (Å²) in [5.41, 5.74) is 0.168. The Hall–Kier alpha value is -0.550. The van der Waals surface area contributed by atoms with Crippen LogP contribution in [0.4, 0.5) is 5.69 Å². The Bertz CT molecular complexity index is 330. The van der Waals surface area contributed by atoms with Crippen molar-refractivity contribution in [1.29, 1.82) is 0 Å². The van der Waals surface area contributed by atoms with Gasteiger partial charge in [-0.05, 0) is 17.9 Å². The van der Waals surface area contributed by atoms with Gasteiger partial charge < -0.3 is 0 Å². The Kier molecular flexibility index (Phi) is 3.74. The van der Waals surface area contributed by atoms with Crippen LogP contribution in [0.15, 0.2) is 27.6 Å². The maximum Gasteiger partial charge on any atom is 0.283 e. The van der Waals surface area contributed by atoms with Crippen LogP contribution >= 0.6 is 27.7 Å². The fourth-order valence-electron chi connectivity index (χ4n) is 0.911. The lowest BCUT2D eigenvalue weighted by atomic mass is 10.3. The first-order valence-electron chi connectivity index (χ1n) is 3.72. The number of nitrogens with zero attached hydrogens (tertiary/aromatic N) is 1. The minimum atomic E-state index is -0.358. The standard InChI is InChI=1S/C8H8BrNO2S/c1-2-13-8-4-3-6(9)5-7(8)10(11)12/h3-5H,2H2,1H3. The average molecular weight is 262 g/mol. The van der Waals surface area contributed by atoms with E-state index in [0.717, 1.165) is 15.1 Å². The van der Waals surface area contributed by atoms with Gasteiger partial charge in [-0.25, -0.2) is 0 Å². The molecule has 0 saturated heterocycles. The van der Waals surface area contributed by atoms with E-state index in [-0.39, 0.29) is 10.6 Å². The second-order valence-electron chi connectivity index (χ2n) is 2.30. The van der Waals surface area contributed by atoms with Crippen LogP contribution < -0.4 is 0 Å². The van der Waals surface area contributed by atoms with Crippen molar-refractivity contribution in [1.82, 2.24) is 0 Å². The first kappa shape index (κ1) is 10.5. The van der Waals surface area contributed by atoms with Crippen molar-refractivity contribution in [2.75, 3.05) is 5.75 Å². The molecule has 13 heavy (non-hydrogen) atoms. The third-order valence-corrected chi connectivity index (χ3v) is 2.86. The molecule has 0 saturated carbocycles. The molecular weight excluding hydrogens is 254 g/mol. The largest absolute Gasteiger partial charge is 0.283 e. The molecule has 1 aromatic rings. The zero-order chi connectivity index (χ0) is 9.84. The number of hydrogen-bond donors (Lipinski definition) is 0. The predicted molar refractivity (Wildman–Crippen MR) is 57.2 cm³/mol. The Balaban J connectivity index is 3.10. The van der Waals surface area contributed by atoms with Gasteiger partial charge in [-0.15, -0.1) is 11.8 Å². The number of rotatable bonds is 3. The Morgan fingerprint density at radius 3 is 2.85 bits per heavy atom. The zero-order valence-corrected chi connectivity index (χ0v) is 9.39. The molecule has 0 aliphatic heterocycles. The van der Waals surface area contributed by atoms with E-state index in [0.29, 0.717) is 0 Å². The van der Waals surface area contributed by atoms with Gasteiger partial charge in [-0.2, -0.15) is 0 Å². The fourth-order valence-corrected chi connectivity index (χ4v) is 2.02. The molecule has 0 atom stereocenters. The molecule has 0 radical (unpaired) electrons. The van der Waals surface area contributed by atoms with Crippen molar-refractivity contribution in [2.45, 2.75) is 11.8 Å².